The van der Waals surface area contributed by atoms with Crippen LogP contribution in [-0.2, 0) is 11.0 Å². The molecule has 1 saturated carbocycles. The van der Waals surface area contributed by atoms with Crippen LogP contribution in [0.15, 0.2) is 46.4 Å². The van der Waals surface area contributed by atoms with Crippen LogP contribution in [0.5, 0.6) is 5.75 Å². The zero-order valence-electron chi connectivity index (χ0n) is 20.6. The van der Waals surface area contributed by atoms with Crippen molar-refractivity contribution in [2.45, 2.75) is 60.9 Å². The first-order valence-corrected chi connectivity index (χ1v) is 13.1. The maximum Gasteiger partial charge on any atom is 0.419 e. The highest BCUT2D eigenvalue weighted by Crippen LogP contribution is 2.46. The van der Waals surface area contributed by atoms with Crippen LogP contribution in [0.1, 0.15) is 43.4 Å². The van der Waals surface area contributed by atoms with Gasteiger partial charge in [-0.15, -0.1) is 0 Å². The average Bonchev–Trinajstić information content (AvgIpc) is 3.17. The fourth-order valence-corrected chi connectivity index (χ4v) is 5.91. The quantitative estimate of drug-likeness (QED) is 0.600. The van der Waals surface area contributed by atoms with Crippen LogP contribution < -0.4 is 9.64 Å². The summed E-state index contributed by atoms with van der Waals surface area (Å²) >= 11 is 1.18. The number of aliphatic imine (C=N–C) groups is 1. The van der Waals surface area contributed by atoms with Gasteiger partial charge in [0.1, 0.15) is 23.5 Å². The molecule has 1 aromatic heterocycles. The Morgan fingerprint density at radius 1 is 1.29 bits per heavy atom. The monoisotopic (exact) mass is 545 g/mol. The Kier molecular flexibility index (Phi) is 7.11. The number of aliphatic hydroxyl groups excluding tert-OH is 1. The van der Waals surface area contributed by atoms with Gasteiger partial charge < -0.3 is 14.7 Å². The number of aromatic nitrogens is 1. The highest BCUT2D eigenvalue weighted by atomic mass is 32.2. The maximum atomic E-state index is 13.6. The highest BCUT2D eigenvalue weighted by molar-refractivity contribution is 8.14. The Hall–Kier alpha value is -3.14. The zero-order chi connectivity index (χ0) is 27.1. The number of halogens is 3. The van der Waals surface area contributed by atoms with Crippen molar-refractivity contribution in [2.24, 2.45) is 4.99 Å². The molecule has 5 rings (SSSR count). The number of carbonyl (C=O) groups is 1. The number of amides is 1. The summed E-state index contributed by atoms with van der Waals surface area (Å²) in [4.78, 5) is 25.7. The second kappa shape index (κ2) is 10.2. The molecule has 12 heteroatoms. The molecule has 1 amide bonds. The van der Waals surface area contributed by atoms with Crippen molar-refractivity contribution in [3.8, 4) is 11.8 Å². The van der Waals surface area contributed by atoms with Gasteiger partial charge in [0.25, 0.3) is 5.91 Å². The van der Waals surface area contributed by atoms with Gasteiger partial charge >= 0.3 is 6.18 Å². The van der Waals surface area contributed by atoms with Gasteiger partial charge in [-0.1, -0.05) is 11.8 Å². The number of anilines is 1. The van der Waals surface area contributed by atoms with Crippen molar-refractivity contribution < 1.29 is 27.8 Å². The predicted molar refractivity (Wildman–Crippen MR) is 135 cm³/mol. The number of likely N-dealkylation sites (N-methyl/N-ethyl adjacent to an activating group) is 1. The molecule has 2 aromatic rings. The average molecular weight is 546 g/mol. The van der Waals surface area contributed by atoms with Gasteiger partial charge in [-0.25, -0.2) is 9.98 Å². The molecule has 1 N–H and O–H groups in total. The molecule has 2 fully saturated rings. The van der Waals surface area contributed by atoms with Gasteiger partial charge in [-0.2, -0.15) is 18.4 Å². The molecular weight excluding hydrogens is 519 g/mol. The van der Waals surface area contributed by atoms with E-state index >= 15 is 0 Å². The molecule has 3 heterocycles. The number of pyridine rings is 1. The van der Waals surface area contributed by atoms with E-state index in [-0.39, 0.29) is 35.5 Å². The number of likely N-dealkylation sites (tertiary alicyclic amines) is 1. The fourth-order valence-electron chi connectivity index (χ4n) is 4.93. The topological polar surface area (TPSA) is 102 Å². The second-order valence-corrected chi connectivity index (χ2v) is 10.8. The number of amidine groups is 1. The number of carbonyl (C=O) groups excluding carboxylic acids is 1. The number of rotatable bonds is 5. The molecule has 1 aromatic carbocycles. The van der Waals surface area contributed by atoms with Crippen LogP contribution in [0.4, 0.5) is 18.9 Å². The Labute approximate surface area is 222 Å². The fraction of sp³-hybridized carbons (Fsp3) is 0.462. The summed E-state index contributed by atoms with van der Waals surface area (Å²) in [6, 6.07) is 9.55. The van der Waals surface area contributed by atoms with Gasteiger partial charge in [-0.3, -0.25) is 9.69 Å². The minimum Gasteiger partial charge on any atom is -0.490 e. The minimum atomic E-state index is -4.80. The molecule has 2 unspecified atom stereocenters. The highest BCUT2D eigenvalue weighted by Gasteiger charge is 2.53. The molecule has 0 radical (unpaired) electrons. The molecule has 8 nitrogen and oxygen atoms in total. The van der Waals surface area contributed by atoms with Crippen molar-refractivity contribution in [1.29, 1.82) is 5.26 Å². The second-order valence-electron chi connectivity index (χ2n) is 9.77. The summed E-state index contributed by atoms with van der Waals surface area (Å²) in [5, 5.41) is 18.9. The first-order valence-electron chi connectivity index (χ1n) is 12.3. The lowest BCUT2D eigenvalue weighted by atomic mass is 9.77. The smallest absolute Gasteiger partial charge is 0.419 e. The van der Waals surface area contributed by atoms with E-state index in [0.29, 0.717) is 18.6 Å². The number of nitrogens with zero attached hydrogens (tertiary/aromatic N) is 5. The van der Waals surface area contributed by atoms with Crippen molar-refractivity contribution >= 4 is 28.5 Å². The summed E-state index contributed by atoms with van der Waals surface area (Å²) in [5.41, 5.74) is -2.97. The number of hydrogen-bond donors (Lipinski definition) is 1. The maximum absolute atomic E-state index is 13.6. The van der Waals surface area contributed by atoms with Gasteiger partial charge in [0, 0.05) is 23.9 Å². The van der Waals surface area contributed by atoms with Gasteiger partial charge in [0.05, 0.1) is 24.1 Å². The predicted octanol–water partition coefficient (Wildman–Crippen LogP) is 4.22. The van der Waals surface area contributed by atoms with E-state index in [1.54, 1.807) is 12.1 Å². The number of aliphatic hydroxyl groups is 1. The van der Waals surface area contributed by atoms with Crippen LogP contribution in [0, 0.1) is 11.3 Å². The first kappa shape index (κ1) is 26.5. The summed E-state index contributed by atoms with van der Waals surface area (Å²) in [6.45, 7) is 0.902. The third-order valence-electron chi connectivity index (χ3n) is 7.33. The lowest BCUT2D eigenvalue weighted by Gasteiger charge is -2.36. The lowest BCUT2D eigenvalue weighted by Crippen LogP contribution is -2.47. The van der Waals surface area contributed by atoms with E-state index in [0.717, 1.165) is 43.0 Å². The molecule has 1 aliphatic carbocycles. The zero-order valence-corrected chi connectivity index (χ0v) is 21.4. The van der Waals surface area contributed by atoms with E-state index in [4.69, 9.17) is 10.00 Å². The number of hydrogen-bond acceptors (Lipinski definition) is 8. The number of benzene rings is 1. The SMILES string of the molecule is CN1CCC(Oc2ccc(SC3=NC4(CCC4)C(=O)N3c3cnc(C#N)c(C(F)(F)F)c3)cc2)CC1CO. The minimum absolute atomic E-state index is 0.0145. The van der Waals surface area contributed by atoms with Crippen LogP contribution in [0.3, 0.4) is 0 Å². The van der Waals surface area contributed by atoms with Gasteiger partial charge in [0.15, 0.2) is 10.9 Å². The molecular formula is C26H26F3N5O3S. The third-order valence-corrected chi connectivity index (χ3v) is 8.30. The Morgan fingerprint density at radius 2 is 2.03 bits per heavy atom. The molecule has 1 spiro atoms. The third kappa shape index (κ3) is 4.98. The molecule has 3 aliphatic rings. The number of piperidine rings is 1. The molecule has 0 bridgehead atoms. The molecule has 2 atom stereocenters. The van der Waals surface area contributed by atoms with Crippen LogP contribution in [-0.4, -0.2) is 63.9 Å². The summed E-state index contributed by atoms with van der Waals surface area (Å²) in [6.07, 6.45) is -0.273. The standard InChI is InChI=1S/C26H26F3N5O3S/c1-33-10-7-19(11-17(33)15-35)37-18-3-5-20(6-4-18)38-24-32-25(8-2-9-25)23(36)34(24)16-12-21(26(27,28)29)22(13-30)31-14-16/h3-6,12,14,17,19,35H,2,7-11,15H2,1H3. The lowest BCUT2D eigenvalue weighted by molar-refractivity contribution is -0.138. The molecule has 1 saturated heterocycles. The number of nitriles is 1. The Balaban J connectivity index is 1.36. The van der Waals surface area contributed by atoms with Gasteiger partial charge in [0.2, 0.25) is 0 Å². The summed E-state index contributed by atoms with van der Waals surface area (Å²) in [7, 11) is 1.98. The van der Waals surface area contributed by atoms with Crippen molar-refractivity contribution in [3.63, 3.8) is 0 Å². The van der Waals surface area contributed by atoms with Gasteiger partial charge in [-0.05, 0) is 63.1 Å². The number of alkyl halides is 3. The number of ether oxygens (including phenoxy) is 1. The van der Waals surface area contributed by atoms with Crippen molar-refractivity contribution in [3.05, 3.63) is 47.8 Å². The first-order chi connectivity index (χ1) is 18.1. The normalized spacial score (nSPS) is 23.2. The number of thioether (sulfide) groups is 1. The van der Waals surface area contributed by atoms with Crippen molar-refractivity contribution in [1.82, 2.24) is 9.88 Å². The van der Waals surface area contributed by atoms with Crippen LogP contribution in [0.2, 0.25) is 0 Å². The molecule has 2 aliphatic heterocycles. The summed E-state index contributed by atoms with van der Waals surface area (Å²) < 4.78 is 46.9. The van der Waals surface area contributed by atoms with Crippen molar-refractivity contribution in [2.75, 3.05) is 25.1 Å². The Morgan fingerprint density at radius 3 is 2.63 bits per heavy atom. The Bertz CT molecular complexity index is 1290. The van der Waals surface area contributed by atoms with E-state index < -0.39 is 23.0 Å². The van der Waals surface area contributed by atoms with E-state index in [1.165, 1.54) is 22.7 Å². The summed E-state index contributed by atoms with van der Waals surface area (Å²) in [5.74, 6) is 0.287. The van der Waals surface area contributed by atoms with E-state index in [9.17, 15) is 23.1 Å². The van der Waals surface area contributed by atoms with Crippen LogP contribution in [0.25, 0.3) is 0 Å². The van der Waals surface area contributed by atoms with E-state index in [2.05, 4.69) is 14.9 Å². The van der Waals surface area contributed by atoms with E-state index in [1.807, 2.05) is 19.2 Å². The largest absolute Gasteiger partial charge is 0.490 e. The molecule has 38 heavy (non-hydrogen) atoms. The molecule has 200 valence electrons. The van der Waals surface area contributed by atoms with Crippen LogP contribution >= 0.6 is 11.8 Å².